The van der Waals surface area contributed by atoms with E-state index in [0.29, 0.717) is 0 Å². The van der Waals surface area contributed by atoms with E-state index in [1.807, 2.05) is 30.2 Å². The van der Waals surface area contributed by atoms with Crippen LogP contribution in [0.15, 0.2) is 23.8 Å². The van der Waals surface area contributed by atoms with Gasteiger partial charge in [-0.15, -0.1) is 11.3 Å². The Morgan fingerprint density at radius 1 is 1.35 bits per heavy atom. The Morgan fingerprint density at radius 2 is 2.06 bits per heavy atom. The van der Waals surface area contributed by atoms with Gasteiger partial charge in [-0.2, -0.15) is 5.10 Å². The van der Waals surface area contributed by atoms with Gasteiger partial charge in [-0.05, 0) is 30.9 Å². The number of nitrogens with one attached hydrogen (secondary N) is 1. The maximum absolute atomic E-state index is 5.94. The minimum Gasteiger partial charge on any atom is -0.304 e. The van der Waals surface area contributed by atoms with Gasteiger partial charge in [0, 0.05) is 30.9 Å². The van der Waals surface area contributed by atoms with Crippen molar-refractivity contribution in [3.8, 4) is 0 Å². The van der Waals surface area contributed by atoms with Gasteiger partial charge in [0.1, 0.15) is 0 Å². The topological polar surface area (TPSA) is 29.9 Å². The summed E-state index contributed by atoms with van der Waals surface area (Å²) in [6.07, 6.45) is 3.93. The summed E-state index contributed by atoms with van der Waals surface area (Å²) < 4.78 is 2.65. The van der Waals surface area contributed by atoms with Crippen molar-refractivity contribution < 1.29 is 0 Å². The van der Waals surface area contributed by atoms with Crippen LogP contribution < -0.4 is 5.32 Å². The molecule has 0 aliphatic carbocycles. The van der Waals surface area contributed by atoms with Gasteiger partial charge in [-0.1, -0.05) is 11.6 Å². The molecule has 3 nitrogen and oxygen atoms in total. The number of halogens is 1. The minimum absolute atomic E-state index is 0.275. The van der Waals surface area contributed by atoms with Gasteiger partial charge in [0.05, 0.1) is 10.5 Å². The molecule has 17 heavy (non-hydrogen) atoms. The number of rotatable bonds is 4. The molecule has 0 radical (unpaired) electrons. The average molecular weight is 270 g/mol. The molecule has 92 valence electrons. The molecule has 2 rings (SSSR count). The number of hydrogen-bond acceptors (Lipinski definition) is 3. The predicted octanol–water partition coefficient (Wildman–Crippen LogP) is 3.55. The van der Waals surface area contributed by atoms with Crippen LogP contribution in [0, 0.1) is 0 Å². The summed E-state index contributed by atoms with van der Waals surface area (Å²) in [6.45, 7) is 4.28. The first-order chi connectivity index (χ1) is 8.06. The lowest BCUT2D eigenvalue weighted by molar-refractivity contribution is 0.495. The quantitative estimate of drug-likeness (QED) is 0.920. The third-order valence-corrected chi connectivity index (χ3v) is 3.92. The van der Waals surface area contributed by atoms with Crippen molar-refractivity contribution in [1.29, 1.82) is 0 Å². The zero-order valence-corrected chi connectivity index (χ0v) is 11.7. The lowest BCUT2D eigenvalue weighted by Crippen LogP contribution is -2.21. The number of aryl methyl sites for hydroxylation is 1. The normalized spacial score (nSPS) is 14.8. The summed E-state index contributed by atoms with van der Waals surface area (Å²) in [4.78, 5) is 0. The van der Waals surface area contributed by atoms with Gasteiger partial charge in [0.2, 0.25) is 0 Å². The Labute approximate surface area is 110 Å². The van der Waals surface area contributed by atoms with E-state index < -0.39 is 0 Å². The zero-order chi connectivity index (χ0) is 12.4. The highest BCUT2D eigenvalue weighted by Crippen LogP contribution is 2.26. The third-order valence-electron chi connectivity index (χ3n) is 2.81. The molecule has 0 spiro atoms. The second kappa shape index (κ2) is 5.21. The van der Waals surface area contributed by atoms with E-state index >= 15 is 0 Å². The number of aromatic nitrogens is 2. The molecule has 0 saturated carbocycles. The molecule has 2 unspecified atom stereocenters. The van der Waals surface area contributed by atoms with Gasteiger partial charge >= 0.3 is 0 Å². The Morgan fingerprint density at radius 3 is 2.59 bits per heavy atom. The molecule has 5 heteroatoms. The van der Waals surface area contributed by atoms with Crippen molar-refractivity contribution in [2.45, 2.75) is 25.9 Å². The minimum atomic E-state index is 0.275. The maximum atomic E-state index is 5.94. The number of nitrogens with zero attached hydrogens (tertiary/aromatic N) is 2. The molecule has 0 fully saturated rings. The molecule has 0 bridgehead atoms. The molecule has 0 aliphatic heterocycles. The molecule has 2 aromatic rings. The van der Waals surface area contributed by atoms with Crippen LogP contribution in [0.5, 0.6) is 0 Å². The molecule has 2 atom stereocenters. The van der Waals surface area contributed by atoms with Gasteiger partial charge < -0.3 is 5.32 Å². The summed E-state index contributed by atoms with van der Waals surface area (Å²) in [6, 6.07) is 2.58. The lowest BCUT2D eigenvalue weighted by Gasteiger charge is -2.18. The van der Waals surface area contributed by atoms with E-state index in [1.54, 1.807) is 11.3 Å². The second-order valence-corrected chi connectivity index (χ2v) is 5.78. The fraction of sp³-hybridized carbons (Fsp3) is 0.417. The molecular weight excluding hydrogens is 254 g/mol. The summed E-state index contributed by atoms with van der Waals surface area (Å²) in [5, 5.41) is 9.81. The predicted molar refractivity (Wildman–Crippen MR) is 72.5 cm³/mol. The molecule has 1 N–H and O–H groups in total. The fourth-order valence-electron chi connectivity index (χ4n) is 1.78. The summed E-state index contributed by atoms with van der Waals surface area (Å²) in [7, 11) is 1.93. The highest BCUT2D eigenvalue weighted by atomic mass is 35.5. The van der Waals surface area contributed by atoms with E-state index in [2.05, 4.69) is 29.6 Å². The van der Waals surface area contributed by atoms with Gasteiger partial charge in [-0.3, -0.25) is 4.68 Å². The van der Waals surface area contributed by atoms with Gasteiger partial charge in [-0.25, -0.2) is 0 Å². The molecule has 0 amide bonds. The third kappa shape index (κ3) is 3.09. The van der Waals surface area contributed by atoms with E-state index in [1.165, 1.54) is 11.1 Å². The van der Waals surface area contributed by atoms with E-state index in [4.69, 9.17) is 11.6 Å². The van der Waals surface area contributed by atoms with Crippen molar-refractivity contribution in [3.05, 3.63) is 39.3 Å². The molecule has 0 aromatic carbocycles. The van der Waals surface area contributed by atoms with E-state index in [-0.39, 0.29) is 12.1 Å². The van der Waals surface area contributed by atoms with Gasteiger partial charge in [0.15, 0.2) is 0 Å². The molecule has 0 aliphatic rings. The second-order valence-electron chi connectivity index (χ2n) is 4.24. The lowest BCUT2D eigenvalue weighted by atomic mass is 10.1. The van der Waals surface area contributed by atoms with Crippen LogP contribution in [0.1, 0.15) is 37.1 Å². The van der Waals surface area contributed by atoms with Crippen LogP contribution in [0.25, 0.3) is 0 Å². The van der Waals surface area contributed by atoms with Crippen molar-refractivity contribution in [2.24, 2.45) is 7.05 Å². The summed E-state index contributed by atoms with van der Waals surface area (Å²) in [5.41, 5.74) is 2.43. The van der Waals surface area contributed by atoms with Gasteiger partial charge in [0.25, 0.3) is 0 Å². The van der Waals surface area contributed by atoms with Crippen molar-refractivity contribution in [2.75, 3.05) is 0 Å². The smallest absolute Gasteiger partial charge is 0.0931 e. The Hall–Kier alpha value is -0.840. The zero-order valence-electron chi connectivity index (χ0n) is 10.1. The van der Waals surface area contributed by atoms with Crippen molar-refractivity contribution in [1.82, 2.24) is 15.1 Å². The molecule has 2 aromatic heterocycles. The van der Waals surface area contributed by atoms with Crippen molar-refractivity contribution >= 4 is 22.9 Å². The SMILES string of the molecule is CC(NC(C)c1cnn(C)c1)c1csc(Cl)c1. The van der Waals surface area contributed by atoms with E-state index in [0.717, 1.165) is 4.34 Å². The molecular formula is C12H16ClN3S. The maximum Gasteiger partial charge on any atom is 0.0931 e. The molecule has 2 heterocycles. The largest absolute Gasteiger partial charge is 0.304 e. The Balaban J connectivity index is 2.01. The highest BCUT2D eigenvalue weighted by molar-refractivity contribution is 7.14. The van der Waals surface area contributed by atoms with Crippen LogP contribution in [-0.4, -0.2) is 9.78 Å². The summed E-state index contributed by atoms with van der Waals surface area (Å²) >= 11 is 7.51. The van der Waals surface area contributed by atoms with Crippen LogP contribution >= 0.6 is 22.9 Å². The van der Waals surface area contributed by atoms with Crippen LogP contribution in [-0.2, 0) is 7.05 Å². The van der Waals surface area contributed by atoms with Crippen molar-refractivity contribution in [3.63, 3.8) is 0 Å². The Kier molecular flexibility index (Phi) is 3.86. The van der Waals surface area contributed by atoms with Crippen LogP contribution in [0.2, 0.25) is 4.34 Å². The molecule has 0 saturated heterocycles. The average Bonchev–Trinajstić information content (AvgIpc) is 2.87. The first-order valence-corrected chi connectivity index (χ1v) is 6.80. The van der Waals surface area contributed by atoms with E-state index in [9.17, 15) is 0 Å². The highest BCUT2D eigenvalue weighted by Gasteiger charge is 2.13. The van der Waals surface area contributed by atoms with Crippen LogP contribution in [0.3, 0.4) is 0 Å². The standard InChI is InChI=1S/C12H16ClN3S/c1-8(10-4-12(13)17-7-10)15-9(2)11-5-14-16(3)6-11/h4-9,15H,1-3H3. The fourth-order valence-corrected chi connectivity index (χ4v) is 2.77. The monoisotopic (exact) mass is 269 g/mol. The summed E-state index contributed by atoms with van der Waals surface area (Å²) in [5.74, 6) is 0. The number of thiophene rings is 1. The van der Waals surface area contributed by atoms with Crippen LogP contribution in [0.4, 0.5) is 0 Å². The Bertz CT molecular complexity index is 447. The first-order valence-electron chi connectivity index (χ1n) is 5.55. The number of hydrogen-bond donors (Lipinski definition) is 1. The first kappa shape index (κ1) is 12.6.